The monoisotopic (exact) mass is 252 g/mol. The van der Waals surface area contributed by atoms with Crippen LogP contribution in [0.3, 0.4) is 0 Å². The van der Waals surface area contributed by atoms with Crippen molar-refractivity contribution in [2.75, 3.05) is 0 Å². The molecule has 0 spiro atoms. The van der Waals surface area contributed by atoms with Crippen molar-refractivity contribution in [3.63, 3.8) is 0 Å². The molecule has 0 nitrogen and oxygen atoms in total. The number of benzene rings is 2. The molecule has 0 bridgehead atoms. The normalized spacial score (nSPS) is 15.3. The van der Waals surface area contributed by atoms with Crippen LogP contribution in [-0.2, 0) is 0 Å². The van der Waals surface area contributed by atoms with Crippen LogP contribution in [0.1, 0.15) is 19.4 Å². The highest BCUT2D eigenvalue weighted by Gasteiger charge is 2.42. The van der Waals surface area contributed by atoms with Crippen LogP contribution >= 0.6 is 0 Å². The Morgan fingerprint density at radius 2 is 1.50 bits per heavy atom. The Morgan fingerprint density at radius 1 is 0.833 bits per heavy atom. The molecule has 1 heterocycles. The minimum Gasteiger partial charge on any atom is -0.0672 e. The zero-order chi connectivity index (χ0) is 12.8. The quantitative estimate of drug-likeness (QED) is 0.717. The van der Waals surface area contributed by atoms with Gasteiger partial charge in [0.25, 0.3) is 0 Å². The fourth-order valence-electron chi connectivity index (χ4n) is 3.70. The summed E-state index contributed by atoms with van der Waals surface area (Å²) >= 11 is 0. The second-order valence-electron chi connectivity index (χ2n) is 5.33. The van der Waals surface area contributed by atoms with E-state index in [0.717, 1.165) is 0 Å². The molecule has 1 aliphatic heterocycles. The van der Waals surface area contributed by atoms with Crippen molar-refractivity contribution in [1.29, 1.82) is 0 Å². The lowest BCUT2D eigenvalue weighted by atomic mass is 10.0. The number of hydrogen-bond acceptors (Lipinski definition) is 0. The zero-order valence-electron chi connectivity index (χ0n) is 11.5. The van der Waals surface area contributed by atoms with Gasteiger partial charge in [0, 0.05) is 0 Å². The van der Waals surface area contributed by atoms with Crippen molar-refractivity contribution >= 4 is 18.4 Å². The summed E-state index contributed by atoms with van der Waals surface area (Å²) in [4.78, 5) is 0. The Hall–Kier alpha value is -1.34. The van der Waals surface area contributed by atoms with Crippen molar-refractivity contribution in [1.82, 2.24) is 0 Å². The lowest BCUT2D eigenvalue weighted by molar-refractivity contribution is 1.30. The van der Waals surface area contributed by atoms with E-state index in [9.17, 15) is 0 Å². The molecule has 1 aliphatic rings. The summed E-state index contributed by atoms with van der Waals surface area (Å²) in [6.07, 6.45) is 0. The Balaban J connectivity index is 2.42. The van der Waals surface area contributed by atoms with Crippen LogP contribution in [0.15, 0.2) is 42.5 Å². The second-order valence-corrected chi connectivity index (χ2v) is 9.99. The molecule has 18 heavy (non-hydrogen) atoms. The average molecular weight is 252 g/mol. The summed E-state index contributed by atoms with van der Waals surface area (Å²) in [7, 11) is -1.45. The molecule has 1 heteroatoms. The molecule has 0 radical (unpaired) electrons. The summed E-state index contributed by atoms with van der Waals surface area (Å²) in [5.41, 5.74) is 4.50. The highest BCUT2D eigenvalue weighted by Crippen LogP contribution is 2.33. The van der Waals surface area contributed by atoms with Gasteiger partial charge in [-0.25, -0.2) is 0 Å². The van der Waals surface area contributed by atoms with E-state index in [4.69, 9.17) is 0 Å². The molecule has 0 amide bonds. The Labute approximate surface area is 111 Å². The second kappa shape index (κ2) is 4.10. The van der Waals surface area contributed by atoms with Gasteiger partial charge in [-0.2, -0.15) is 0 Å². The first-order valence-corrected chi connectivity index (χ1v) is 9.36. The van der Waals surface area contributed by atoms with Gasteiger partial charge >= 0.3 is 0 Å². The largest absolute Gasteiger partial charge is 0.119 e. The molecule has 0 unspecified atom stereocenters. The van der Waals surface area contributed by atoms with Gasteiger partial charge in [-0.1, -0.05) is 68.4 Å². The summed E-state index contributed by atoms with van der Waals surface area (Å²) in [6.45, 7) is 7.01. The molecule has 0 aliphatic carbocycles. The fraction of sp³-hybridized carbons (Fsp3) is 0.294. The van der Waals surface area contributed by atoms with E-state index < -0.39 is 8.07 Å². The molecule has 0 saturated heterocycles. The summed E-state index contributed by atoms with van der Waals surface area (Å²) < 4.78 is 0. The minimum absolute atomic E-state index is 1.32. The number of fused-ring (bicyclic) bond motifs is 3. The molecule has 0 saturated carbocycles. The van der Waals surface area contributed by atoms with Crippen molar-refractivity contribution in [3.05, 3.63) is 48.0 Å². The van der Waals surface area contributed by atoms with Gasteiger partial charge < -0.3 is 0 Å². The molecular formula is C17H20Si. The lowest BCUT2D eigenvalue weighted by Crippen LogP contribution is -2.54. The maximum Gasteiger partial charge on any atom is 0.119 e. The first-order chi connectivity index (χ1) is 8.74. The third-order valence-corrected chi connectivity index (χ3v) is 10.0. The van der Waals surface area contributed by atoms with E-state index in [1.807, 2.05) is 0 Å². The molecule has 0 N–H and O–H groups in total. The van der Waals surface area contributed by atoms with Crippen LogP contribution < -0.4 is 10.4 Å². The molecule has 0 fully saturated rings. The van der Waals surface area contributed by atoms with Gasteiger partial charge in [-0.3, -0.25) is 0 Å². The van der Waals surface area contributed by atoms with Crippen molar-refractivity contribution in [3.8, 4) is 11.1 Å². The number of rotatable bonds is 2. The third kappa shape index (κ3) is 1.31. The van der Waals surface area contributed by atoms with Crippen LogP contribution in [0.2, 0.25) is 12.1 Å². The van der Waals surface area contributed by atoms with Gasteiger partial charge in [0.05, 0.1) is 0 Å². The molecule has 0 atom stereocenters. The molecular weight excluding hydrogens is 232 g/mol. The Bertz CT molecular complexity index is 594. The van der Waals surface area contributed by atoms with Gasteiger partial charge in [0.1, 0.15) is 8.07 Å². The van der Waals surface area contributed by atoms with E-state index >= 15 is 0 Å². The summed E-state index contributed by atoms with van der Waals surface area (Å²) in [6, 6.07) is 18.6. The standard InChI is InChI=1S/C17H20Si/c1-4-18(5-2)15-11-7-6-10-14(15)17-13(3)9-8-12-16(17)18/h6-12H,4-5H2,1-3H3. The van der Waals surface area contributed by atoms with Crippen LogP contribution in [0.5, 0.6) is 0 Å². The number of hydrogen-bond donors (Lipinski definition) is 0. The van der Waals surface area contributed by atoms with E-state index in [0.29, 0.717) is 0 Å². The third-order valence-electron chi connectivity index (χ3n) is 4.71. The zero-order valence-corrected chi connectivity index (χ0v) is 12.5. The predicted octanol–water partition coefficient (Wildman–Crippen LogP) is 3.58. The SMILES string of the molecule is CC[Si]1(CC)c2ccccc2-c2c(C)cccc21. The molecule has 2 aromatic carbocycles. The van der Waals surface area contributed by atoms with Crippen LogP contribution in [-0.4, -0.2) is 8.07 Å². The maximum atomic E-state index is 2.39. The van der Waals surface area contributed by atoms with Crippen LogP contribution in [0, 0.1) is 6.92 Å². The minimum atomic E-state index is -1.45. The van der Waals surface area contributed by atoms with Crippen molar-refractivity contribution in [2.45, 2.75) is 32.9 Å². The Morgan fingerprint density at radius 3 is 2.22 bits per heavy atom. The molecule has 3 rings (SSSR count). The topological polar surface area (TPSA) is 0 Å². The average Bonchev–Trinajstić information content (AvgIpc) is 2.70. The smallest absolute Gasteiger partial charge is 0.0672 e. The first-order valence-electron chi connectivity index (χ1n) is 6.94. The van der Waals surface area contributed by atoms with E-state index in [1.54, 1.807) is 15.9 Å². The van der Waals surface area contributed by atoms with Crippen molar-refractivity contribution < 1.29 is 0 Å². The van der Waals surface area contributed by atoms with Crippen LogP contribution in [0.25, 0.3) is 11.1 Å². The van der Waals surface area contributed by atoms with Gasteiger partial charge in [0.15, 0.2) is 0 Å². The lowest BCUT2D eigenvalue weighted by Gasteiger charge is -2.26. The first kappa shape index (κ1) is 11.7. The van der Waals surface area contributed by atoms with Gasteiger partial charge in [0.2, 0.25) is 0 Å². The highest BCUT2D eigenvalue weighted by molar-refractivity contribution is 7.05. The fourth-order valence-corrected chi connectivity index (χ4v) is 8.38. The van der Waals surface area contributed by atoms with Crippen molar-refractivity contribution in [2.24, 2.45) is 0 Å². The predicted molar refractivity (Wildman–Crippen MR) is 82.6 cm³/mol. The van der Waals surface area contributed by atoms with E-state index in [2.05, 4.69) is 63.2 Å². The summed E-state index contributed by atoms with van der Waals surface area (Å²) in [5, 5.41) is 3.34. The number of aryl methyl sites for hydroxylation is 1. The van der Waals surface area contributed by atoms with E-state index in [-0.39, 0.29) is 0 Å². The molecule has 2 aromatic rings. The Kier molecular flexibility index (Phi) is 2.67. The maximum absolute atomic E-state index is 2.39. The summed E-state index contributed by atoms with van der Waals surface area (Å²) in [5.74, 6) is 0. The molecule has 92 valence electrons. The van der Waals surface area contributed by atoms with Crippen LogP contribution in [0.4, 0.5) is 0 Å². The van der Waals surface area contributed by atoms with E-state index in [1.165, 1.54) is 23.2 Å². The van der Waals surface area contributed by atoms with Gasteiger partial charge in [-0.15, -0.1) is 0 Å². The van der Waals surface area contributed by atoms with Gasteiger partial charge in [-0.05, 0) is 34.0 Å². The highest BCUT2D eigenvalue weighted by atomic mass is 28.3. The molecule has 0 aromatic heterocycles.